The highest BCUT2D eigenvalue weighted by atomic mass is 16.5. The van der Waals surface area contributed by atoms with E-state index in [4.69, 9.17) is 0 Å². The average Bonchev–Trinajstić information content (AvgIpc) is 2.14. The minimum absolute atomic E-state index is 0.191. The van der Waals surface area contributed by atoms with Crippen molar-refractivity contribution in [2.75, 3.05) is 7.11 Å². The molecule has 0 atom stereocenters. The molecule has 0 unspecified atom stereocenters. The van der Waals surface area contributed by atoms with Crippen LogP contribution in [0.3, 0.4) is 0 Å². The Kier molecular flexibility index (Phi) is 3.43. The second-order valence-electron chi connectivity index (χ2n) is 2.85. The van der Waals surface area contributed by atoms with Gasteiger partial charge in [-0.3, -0.25) is 9.78 Å². The molecule has 0 radical (unpaired) electrons. The summed E-state index contributed by atoms with van der Waals surface area (Å²) in [4.78, 5) is 15.1. The molecule has 0 spiro atoms. The number of pyridine rings is 1. The standard InChI is InChI=1S/C10H13NO2/c1-8-4-3-5-9(11-8)6-7-10(12)13-2/h3-5H,6-7H2,1-2H3. The largest absolute Gasteiger partial charge is 0.469 e. The lowest BCUT2D eigenvalue weighted by atomic mass is 10.2. The van der Waals surface area contributed by atoms with E-state index in [1.54, 1.807) is 0 Å². The molecule has 13 heavy (non-hydrogen) atoms. The summed E-state index contributed by atoms with van der Waals surface area (Å²) < 4.78 is 4.54. The molecule has 0 saturated heterocycles. The Morgan fingerprint density at radius 3 is 2.92 bits per heavy atom. The number of nitrogens with zero attached hydrogens (tertiary/aromatic N) is 1. The number of hydrogen-bond donors (Lipinski definition) is 0. The van der Waals surface area contributed by atoms with Crippen LogP contribution in [-0.4, -0.2) is 18.1 Å². The molecule has 0 saturated carbocycles. The summed E-state index contributed by atoms with van der Waals surface area (Å²) in [6.45, 7) is 1.93. The van der Waals surface area contributed by atoms with Gasteiger partial charge in [0.15, 0.2) is 0 Å². The van der Waals surface area contributed by atoms with Crippen molar-refractivity contribution in [1.82, 2.24) is 4.98 Å². The van der Waals surface area contributed by atoms with Crippen LogP contribution in [0.15, 0.2) is 18.2 Å². The summed E-state index contributed by atoms with van der Waals surface area (Å²) in [6.07, 6.45) is 1.04. The molecule has 1 heterocycles. The molecule has 3 nitrogen and oxygen atoms in total. The third-order valence-corrected chi connectivity index (χ3v) is 1.76. The average molecular weight is 179 g/mol. The lowest BCUT2D eigenvalue weighted by Gasteiger charge is -2.00. The van der Waals surface area contributed by atoms with Crippen LogP contribution in [-0.2, 0) is 16.0 Å². The smallest absolute Gasteiger partial charge is 0.305 e. The van der Waals surface area contributed by atoms with E-state index >= 15 is 0 Å². The van der Waals surface area contributed by atoms with Gasteiger partial charge in [0.2, 0.25) is 0 Å². The number of hydrogen-bond acceptors (Lipinski definition) is 3. The fourth-order valence-electron chi connectivity index (χ4n) is 1.07. The first-order valence-electron chi connectivity index (χ1n) is 4.21. The zero-order chi connectivity index (χ0) is 9.68. The third kappa shape index (κ3) is 3.23. The van der Waals surface area contributed by atoms with Gasteiger partial charge in [0.1, 0.15) is 0 Å². The monoisotopic (exact) mass is 179 g/mol. The van der Waals surface area contributed by atoms with Crippen molar-refractivity contribution in [3.05, 3.63) is 29.6 Å². The lowest BCUT2D eigenvalue weighted by Crippen LogP contribution is -2.03. The second-order valence-corrected chi connectivity index (χ2v) is 2.85. The van der Waals surface area contributed by atoms with Crippen molar-refractivity contribution in [2.45, 2.75) is 19.8 Å². The SMILES string of the molecule is COC(=O)CCc1cccc(C)n1. The summed E-state index contributed by atoms with van der Waals surface area (Å²) >= 11 is 0. The molecule has 1 rings (SSSR count). The fourth-order valence-corrected chi connectivity index (χ4v) is 1.07. The highest BCUT2D eigenvalue weighted by Crippen LogP contribution is 2.01. The van der Waals surface area contributed by atoms with Crippen molar-refractivity contribution in [1.29, 1.82) is 0 Å². The molecule has 0 aliphatic rings. The molecule has 0 N–H and O–H groups in total. The number of methoxy groups -OCH3 is 1. The molecule has 0 aliphatic heterocycles. The van der Waals surface area contributed by atoms with Crippen LogP contribution >= 0.6 is 0 Å². The number of ether oxygens (including phenoxy) is 1. The van der Waals surface area contributed by atoms with Gasteiger partial charge in [-0.15, -0.1) is 0 Å². The van der Waals surface area contributed by atoms with Crippen LogP contribution in [0.2, 0.25) is 0 Å². The molecule has 1 aromatic rings. The van der Waals surface area contributed by atoms with Gasteiger partial charge in [0, 0.05) is 17.8 Å². The number of esters is 1. The minimum atomic E-state index is -0.191. The van der Waals surface area contributed by atoms with Crippen LogP contribution in [0.1, 0.15) is 17.8 Å². The van der Waals surface area contributed by atoms with E-state index in [0.717, 1.165) is 11.4 Å². The number of aromatic nitrogens is 1. The lowest BCUT2D eigenvalue weighted by molar-refractivity contribution is -0.140. The Bertz CT molecular complexity index is 297. The normalized spacial score (nSPS) is 9.69. The van der Waals surface area contributed by atoms with Crippen molar-refractivity contribution in [3.63, 3.8) is 0 Å². The quantitative estimate of drug-likeness (QED) is 0.660. The Labute approximate surface area is 77.8 Å². The van der Waals surface area contributed by atoms with Crippen molar-refractivity contribution < 1.29 is 9.53 Å². The molecule has 0 aromatic carbocycles. The number of carbonyl (C=O) groups excluding carboxylic acids is 1. The van der Waals surface area contributed by atoms with Crippen LogP contribution in [0.25, 0.3) is 0 Å². The first kappa shape index (κ1) is 9.71. The summed E-state index contributed by atoms with van der Waals surface area (Å²) in [7, 11) is 1.39. The van der Waals surface area contributed by atoms with Gasteiger partial charge in [0.05, 0.1) is 13.5 Å². The Morgan fingerprint density at radius 1 is 1.54 bits per heavy atom. The maximum absolute atomic E-state index is 10.8. The molecule has 70 valence electrons. The van der Waals surface area contributed by atoms with Gasteiger partial charge in [-0.25, -0.2) is 0 Å². The molecule has 0 bridgehead atoms. The van der Waals surface area contributed by atoms with Crippen molar-refractivity contribution in [2.24, 2.45) is 0 Å². The molecule has 0 aliphatic carbocycles. The van der Waals surface area contributed by atoms with Gasteiger partial charge >= 0.3 is 5.97 Å². The topological polar surface area (TPSA) is 39.2 Å². The van der Waals surface area contributed by atoms with Gasteiger partial charge < -0.3 is 4.74 Å². The molecular formula is C10H13NO2. The van der Waals surface area contributed by atoms with Crippen molar-refractivity contribution in [3.8, 4) is 0 Å². The van der Waals surface area contributed by atoms with E-state index in [2.05, 4.69) is 9.72 Å². The fraction of sp³-hybridized carbons (Fsp3) is 0.400. The second kappa shape index (κ2) is 4.60. The predicted octanol–water partition coefficient (Wildman–Crippen LogP) is 1.50. The molecule has 0 amide bonds. The zero-order valence-electron chi connectivity index (χ0n) is 7.91. The van der Waals surface area contributed by atoms with Crippen molar-refractivity contribution >= 4 is 5.97 Å². The Hall–Kier alpha value is -1.38. The molecule has 3 heteroatoms. The number of carbonyl (C=O) groups is 1. The maximum atomic E-state index is 10.8. The van der Waals surface area contributed by atoms with Gasteiger partial charge in [-0.05, 0) is 19.1 Å². The van der Waals surface area contributed by atoms with E-state index in [1.807, 2.05) is 25.1 Å². The number of aryl methyl sites for hydroxylation is 2. The highest BCUT2D eigenvalue weighted by molar-refractivity contribution is 5.69. The summed E-state index contributed by atoms with van der Waals surface area (Å²) in [5, 5.41) is 0. The summed E-state index contributed by atoms with van der Waals surface area (Å²) in [5.41, 5.74) is 1.91. The molecule has 1 aromatic heterocycles. The van der Waals surface area contributed by atoms with Crippen LogP contribution in [0.5, 0.6) is 0 Å². The summed E-state index contributed by atoms with van der Waals surface area (Å²) in [6, 6.07) is 5.78. The van der Waals surface area contributed by atoms with Crippen LogP contribution in [0.4, 0.5) is 0 Å². The van der Waals surface area contributed by atoms with E-state index in [-0.39, 0.29) is 5.97 Å². The Balaban J connectivity index is 2.50. The predicted molar refractivity (Wildman–Crippen MR) is 49.3 cm³/mol. The molecule has 0 fully saturated rings. The van der Waals surface area contributed by atoms with E-state index in [0.29, 0.717) is 12.8 Å². The maximum Gasteiger partial charge on any atom is 0.305 e. The minimum Gasteiger partial charge on any atom is -0.469 e. The highest BCUT2D eigenvalue weighted by Gasteiger charge is 2.01. The van der Waals surface area contributed by atoms with E-state index < -0.39 is 0 Å². The van der Waals surface area contributed by atoms with Gasteiger partial charge in [-0.1, -0.05) is 6.07 Å². The van der Waals surface area contributed by atoms with E-state index in [9.17, 15) is 4.79 Å². The first-order valence-corrected chi connectivity index (χ1v) is 4.21. The Morgan fingerprint density at radius 2 is 2.31 bits per heavy atom. The van der Waals surface area contributed by atoms with Gasteiger partial charge in [-0.2, -0.15) is 0 Å². The molecular weight excluding hydrogens is 166 g/mol. The van der Waals surface area contributed by atoms with Gasteiger partial charge in [0.25, 0.3) is 0 Å². The first-order chi connectivity index (χ1) is 6.22. The van der Waals surface area contributed by atoms with Crippen LogP contribution in [0, 0.1) is 6.92 Å². The number of rotatable bonds is 3. The van der Waals surface area contributed by atoms with Crippen LogP contribution < -0.4 is 0 Å². The summed E-state index contributed by atoms with van der Waals surface area (Å²) in [5.74, 6) is -0.191. The zero-order valence-corrected chi connectivity index (χ0v) is 7.91. The van der Waals surface area contributed by atoms with E-state index in [1.165, 1.54) is 7.11 Å². The third-order valence-electron chi connectivity index (χ3n) is 1.76.